The molecule has 1 saturated heterocycles. The van der Waals surface area contributed by atoms with Gasteiger partial charge >= 0.3 is 0 Å². The Morgan fingerprint density at radius 2 is 1.67 bits per heavy atom. The summed E-state index contributed by atoms with van der Waals surface area (Å²) >= 11 is 0. The van der Waals surface area contributed by atoms with Crippen LogP contribution in [-0.4, -0.2) is 55.2 Å². The van der Waals surface area contributed by atoms with Gasteiger partial charge in [-0.05, 0) is 39.7 Å². The summed E-state index contributed by atoms with van der Waals surface area (Å²) in [6.45, 7) is 10.6. The maximum atomic E-state index is 10.3. The van der Waals surface area contributed by atoms with Gasteiger partial charge < -0.3 is 4.90 Å². The predicted molar refractivity (Wildman–Crippen MR) is 62.6 cm³/mol. The Bertz CT molecular complexity index is 154. The van der Waals surface area contributed by atoms with Gasteiger partial charge in [0.25, 0.3) is 0 Å². The molecule has 3 heteroatoms. The van der Waals surface area contributed by atoms with E-state index in [-0.39, 0.29) is 6.61 Å². The van der Waals surface area contributed by atoms with Gasteiger partial charge in [0.15, 0.2) is 0 Å². The molecular formula is C12H25N2O. The summed E-state index contributed by atoms with van der Waals surface area (Å²) in [6.07, 6.45) is 3.16. The first kappa shape index (κ1) is 12.9. The average molecular weight is 213 g/mol. The van der Waals surface area contributed by atoms with Crippen LogP contribution in [0.3, 0.4) is 0 Å². The van der Waals surface area contributed by atoms with Gasteiger partial charge in [0.2, 0.25) is 0 Å². The van der Waals surface area contributed by atoms with Crippen molar-refractivity contribution in [3.63, 3.8) is 0 Å². The molecule has 0 saturated carbocycles. The highest BCUT2D eigenvalue weighted by Gasteiger charge is 2.17. The van der Waals surface area contributed by atoms with E-state index in [2.05, 4.69) is 23.6 Å². The molecule has 1 heterocycles. The van der Waals surface area contributed by atoms with Gasteiger partial charge in [-0.3, -0.25) is 4.90 Å². The molecule has 0 aromatic heterocycles. The lowest BCUT2D eigenvalue weighted by atomic mass is 10.2. The van der Waals surface area contributed by atoms with Crippen LogP contribution in [0.2, 0.25) is 0 Å². The lowest BCUT2D eigenvalue weighted by molar-refractivity contribution is 0.106. The van der Waals surface area contributed by atoms with Crippen LogP contribution >= 0.6 is 0 Å². The van der Waals surface area contributed by atoms with Gasteiger partial charge in [0.1, 0.15) is 0 Å². The molecule has 0 bridgehead atoms. The van der Waals surface area contributed by atoms with Crippen molar-refractivity contribution in [3.8, 4) is 0 Å². The number of hydrogen-bond donors (Lipinski definition) is 0. The summed E-state index contributed by atoms with van der Waals surface area (Å²) in [5, 5.41) is 10.3. The molecule has 0 spiro atoms. The molecule has 1 aliphatic heterocycles. The van der Waals surface area contributed by atoms with Crippen molar-refractivity contribution in [2.45, 2.75) is 39.2 Å². The maximum Gasteiger partial charge on any atom is 0.0822 e. The second kappa shape index (κ2) is 7.20. The van der Waals surface area contributed by atoms with Crippen LogP contribution in [0.1, 0.15) is 33.1 Å². The van der Waals surface area contributed by atoms with Crippen LogP contribution in [0.4, 0.5) is 0 Å². The minimum absolute atomic E-state index is 0.0983. The smallest absolute Gasteiger partial charge is 0.0822 e. The van der Waals surface area contributed by atoms with E-state index in [1.807, 2.05) is 0 Å². The van der Waals surface area contributed by atoms with E-state index in [1.54, 1.807) is 0 Å². The van der Waals surface area contributed by atoms with E-state index in [1.165, 1.54) is 39.1 Å². The van der Waals surface area contributed by atoms with Crippen LogP contribution in [0.15, 0.2) is 0 Å². The maximum absolute atomic E-state index is 10.3. The Morgan fingerprint density at radius 1 is 1.00 bits per heavy atom. The van der Waals surface area contributed by atoms with Gasteiger partial charge in [-0.2, -0.15) is 0 Å². The highest BCUT2D eigenvalue weighted by molar-refractivity contribution is 4.73. The molecule has 1 radical (unpaired) electrons. The van der Waals surface area contributed by atoms with Crippen molar-refractivity contribution < 1.29 is 5.11 Å². The minimum atomic E-state index is 0.0983. The van der Waals surface area contributed by atoms with Crippen LogP contribution in [0, 0.1) is 0 Å². The lowest BCUT2D eigenvalue weighted by Gasteiger charge is -2.36. The number of unbranched alkanes of at least 4 members (excludes halogenated alkanes) is 2. The third-order valence-electron chi connectivity index (χ3n) is 3.26. The van der Waals surface area contributed by atoms with E-state index in [0.29, 0.717) is 6.04 Å². The molecule has 15 heavy (non-hydrogen) atoms. The first-order valence-corrected chi connectivity index (χ1v) is 6.28. The van der Waals surface area contributed by atoms with E-state index >= 15 is 0 Å². The molecule has 0 aliphatic carbocycles. The molecule has 0 amide bonds. The molecular weight excluding hydrogens is 188 g/mol. The monoisotopic (exact) mass is 213 g/mol. The van der Waals surface area contributed by atoms with E-state index < -0.39 is 0 Å². The second-order valence-corrected chi connectivity index (χ2v) is 4.74. The van der Waals surface area contributed by atoms with Gasteiger partial charge in [-0.25, -0.2) is 5.11 Å². The molecule has 0 unspecified atom stereocenters. The average Bonchev–Trinajstić information content (AvgIpc) is 2.25. The van der Waals surface area contributed by atoms with Gasteiger partial charge in [-0.1, -0.05) is 0 Å². The quantitative estimate of drug-likeness (QED) is 0.627. The zero-order valence-corrected chi connectivity index (χ0v) is 10.2. The molecule has 1 rings (SSSR count). The Kier molecular flexibility index (Phi) is 6.22. The summed E-state index contributed by atoms with van der Waals surface area (Å²) in [5.74, 6) is 0. The van der Waals surface area contributed by atoms with Gasteiger partial charge in [-0.15, -0.1) is 0 Å². The summed E-state index contributed by atoms with van der Waals surface area (Å²) < 4.78 is 0. The summed E-state index contributed by atoms with van der Waals surface area (Å²) in [5.41, 5.74) is 0. The fourth-order valence-corrected chi connectivity index (χ4v) is 2.12. The van der Waals surface area contributed by atoms with Crippen molar-refractivity contribution in [2.24, 2.45) is 0 Å². The number of piperazine rings is 1. The third kappa shape index (κ3) is 4.96. The van der Waals surface area contributed by atoms with Gasteiger partial charge in [0, 0.05) is 32.2 Å². The molecule has 3 nitrogen and oxygen atoms in total. The molecule has 89 valence electrons. The van der Waals surface area contributed by atoms with Crippen LogP contribution in [0.25, 0.3) is 0 Å². The Morgan fingerprint density at radius 3 is 2.20 bits per heavy atom. The fraction of sp³-hybridized carbons (Fsp3) is 1.00. The third-order valence-corrected chi connectivity index (χ3v) is 3.26. The topological polar surface area (TPSA) is 26.4 Å². The van der Waals surface area contributed by atoms with Crippen LogP contribution in [-0.2, 0) is 5.11 Å². The van der Waals surface area contributed by atoms with Crippen molar-refractivity contribution >= 4 is 0 Å². The van der Waals surface area contributed by atoms with E-state index in [4.69, 9.17) is 0 Å². The Balaban J connectivity index is 2.04. The Hall–Kier alpha value is -0.120. The first-order chi connectivity index (χ1) is 7.24. The molecule has 0 aromatic carbocycles. The molecule has 1 fully saturated rings. The van der Waals surface area contributed by atoms with Crippen molar-refractivity contribution in [2.75, 3.05) is 39.3 Å². The van der Waals surface area contributed by atoms with E-state index in [0.717, 1.165) is 12.8 Å². The Labute approximate surface area is 94.1 Å². The van der Waals surface area contributed by atoms with Gasteiger partial charge in [0.05, 0.1) is 6.61 Å². The number of hydrogen-bond acceptors (Lipinski definition) is 2. The fourth-order valence-electron chi connectivity index (χ4n) is 2.12. The normalized spacial score (nSPS) is 20.0. The largest absolute Gasteiger partial charge is 0.301 e. The number of rotatable bonds is 6. The van der Waals surface area contributed by atoms with Crippen molar-refractivity contribution in [1.29, 1.82) is 0 Å². The van der Waals surface area contributed by atoms with Crippen molar-refractivity contribution in [1.82, 2.24) is 9.80 Å². The van der Waals surface area contributed by atoms with E-state index in [9.17, 15) is 5.11 Å². The van der Waals surface area contributed by atoms with Crippen LogP contribution in [0.5, 0.6) is 0 Å². The zero-order valence-electron chi connectivity index (χ0n) is 10.2. The van der Waals surface area contributed by atoms with Crippen molar-refractivity contribution in [3.05, 3.63) is 0 Å². The number of nitrogens with zero attached hydrogens (tertiary/aromatic N) is 2. The predicted octanol–water partition coefficient (Wildman–Crippen LogP) is 1.61. The van der Waals surface area contributed by atoms with Crippen LogP contribution < -0.4 is 0 Å². The highest BCUT2D eigenvalue weighted by atomic mass is 16.2. The highest BCUT2D eigenvalue weighted by Crippen LogP contribution is 2.07. The summed E-state index contributed by atoms with van der Waals surface area (Å²) in [7, 11) is 0. The minimum Gasteiger partial charge on any atom is -0.301 e. The SMILES string of the molecule is CC(C)N1CCN(CCCCC[O])CC1. The summed E-state index contributed by atoms with van der Waals surface area (Å²) in [4.78, 5) is 5.07. The molecule has 1 aliphatic rings. The molecule has 0 atom stereocenters. The zero-order chi connectivity index (χ0) is 11.1. The molecule has 0 N–H and O–H groups in total. The summed E-state index contributed by atoms with van der Waals surface area (Å²) in [6, 6.07) is 0.688. The molecule has 0 aromatic rings. The lowest BCUT2D eigenvalue weighted by Crippen LogP contribution is -2.48. The second-order valence-electron chi connectivity index (χ2n) is 4.74. The standard InChI is InChI=1S/C12H25N2O/c1-12(2)14-9-7-13(8-10-14)6-4-3-5-11-15/h12H,3-11H2,1-2H3. The first-order valence-electron chi connectivity index (χ1n) is 6.28.